The van der Waals surface area contributed by atoms with E-state index in [2.05, 4.69) is 5.32 Å². The van der Waals surface area contributed by atoms with E-state index in [1.54, 1.807) is 0 Å². The molecule has 0 spiro atoms. The van der Waals surface area contributed by atoms with Crippen molar-refractivity contribution in [1.29, 1.82) is 0 Å². The summed E-state index contributed by atoms with van der Waals surface area (Å²) >= 11 is 0. The van der Waals surface area contributed by atoms with Crippen molar-refractivity contribution >= 4 is 17.7 Å². The van der Waals surface area contributed by atoms with Crippen molar-refractivity contribution in [1.82, 2.24) is 5.32 Å². The fourth-order valence-corrected chi connectivity index (χ4v) is 4.68. The zero-order valence-corrected chi connectivity index (χ0v) is 19.9. The standard InChI is InChI=1S/C26H32N2O6/c1-16(2)15-19-21(29)25(32)28(34,24(19)31)22(26(3,4)33)23(30)27-20(17-11-7-5-8-12-17)18-13-9-6-10-14-18/h5-14,16,19-22,29,33-34H,15H2,1-4H3/p+1/t19-,21+,22-,28?/m1/s1. The van der Waals surface area contributed by atoms with Crippen molar-refractivity contribution in [2.24, 2.45) is 11.8 Å². The quantitative estimate of drug-likeness (QED) is 0.267. The van der Waals surface area contributed by atoms with Gasteiger partial charge >= 0.3 is 11.8 Å². The van der Waals surface area contributed by atoms with E-state index in [4.69, 9.17) is 0 Å². The lowest BCUT2D eigenvalue weighted by atomic mass is 9.92. The fraction of sp³-hybridized carbons (Fsp3) is 0.423. The summed E-state index contributed by atoms with van der Waals surface area (Å²) in [6, 6.07) is 15.6. The van der Waals surface area contributed by atoms with Crippen molar-refractivity contribution < 1.29 is 34.5 Å². The second kappa shape index (κ2) is 9.76. The highest BCUT2D eigenvalue weighted by atomic mass is 16.6. The van der Waals surface area contributed by atoms with Gasteiger partial charge in [0, 0.05) is 0 Å². The van der Waals surface area contributed by atoms with Gasteiger partial charge in [0.1, 0.15) is 11.5 Å². The minimum atomic E-state index is -1.98. The van der Waals surface area contributed by atoms with Gasteiger partial charge in [-0.15, -0.1) is 0 Å². The number of nitrogens with one attached hydrogen (secondary N) is 1. The SMILES string of the molecule is CC(C)C[C@H]1C(=O)[N+](O)([C@H](C(=O)NC(c2ccccc2)c2ccccc2)C(C)(C)O)C(=O)[C@H]1O. The van der Waals surface area contributed by atoms with Gasteiger partial charge in [0.05, 0.1) is 6.04 Å². The number of carbonyl (C=O) groups excluding carboxylic acids is 3. The summed E-state index contributed by atoms with van der Waals surface area (Å²) in [5, 5.41) is 35.6. The Morgan fingerprint density at radius 1 is 0.971 bits per heavy atom. The minimum Gasteiger partial charge on any atom is -0.383 e. The van der Waals surface area contributed by atoms with Gasteiger partial charge in [-0.05, 0) is 42.0 Å². The number of quaternary nitrogens is 1. The van der Waals surface area contributed by atoms with Crippen LogP contribution in [0.5, 0.6) is 0 Å². The maximum atomic E-state index is 13.6. The molecular weight excluding hydrogens is 436 g/mol. The molecule has 34 heavy (non-hydrogen) atoms. The third-order valence-electron chi connectivity index (χ3n) is 6.19. The highest BCUT2D eigenvalue weighted by Crippen LogP contribution is 2.37. The van der Waals surface area contributed by atoms with Crippen LogP contribution in [0.1, 0.15) is 51.3 Å². The largest absolute Gasteiger partial charge is 0.383 e. The molecule has 3 amide bonds. The van der Waals surface area contributed by atoms with Crippen molar-refractivity contribution in [3.63, 3.8) is 0 Å². The average molecular weight is 470 g/mol. The Balaban J connectivity index is 2.03. The summed E-state index contributed by atoms with van der Waals surface area (Å²) in [6.07, 6.45) is -1.61. The summed E-state index contributed by atoms with van der Waals surface area (Å²) in [5.74, 6) is -4.32. The predicted octanol–water partition coefficient (Wildman–Crippen LogP) is 2.33. The number of aliphatic hydroxyl groups is 2. The maximum Gasteiger partial charge on any atom is 0.383 e. The molecule has 4 N–H and O–H groups in total. The first-order valence-corrected chi connectivity index (χ1v) is 11.4. The van der Waals surface area contributed by atoms with Crippen LogP contribution in [0.15, 0.2) is 60.7 Å². The van der Waals surface area contributed by atoms with E-state index in [0.717, 1.165) is 11.1 Å². The number of likely N-dealkylation sites (tertiary alicyclic amines) is 1. The molecule has 0 radical (unpaired) electrons. The van der Waals surface area contributed by atoms with Gasteiger partial charge < -0.3 is 15.5 Å². The average Bonchev–Trinajstić information content (AvgIpc) is 2.93. The molecule has 1 heterocycles. The summed E-state index contributed by atoms with van der Waals surface area (Å²) in [7, 11) is 0. The van der Waals surface area contributed by atoms with E-state index in [1.165, 1.54) is 13.8 Å². The molecule has 1 aliphatic heterocycles. The second-order valence-corrected chi connectivity index (χ2v) is 9.86. The monoisotopic (exact) mass is 469 g/mol. The molecule has 1 unspecified atom stereocenters. The van der Waals surface area contributed by atoms with Crippen LogP contribution < -0.4 is 5.32 Å². The van der Waals surface area contributed by atoms with E-state index < -0.39 is 52.1 Å². The lowest BCUT2D eigenvalue weighted by Gasteiger charge is -2.36. The maximum absolute atomic E-state index is 13.6. The van der Waals surface area contributed by atoms with Crippen LogP contribution in [0.2, 0.25) is 0 Å². The van der Waals surface area contributed by atoms with Crippen LogP contribution >= 0.6 is 0 Å². The van der Waals surface area contributed by atoms with Crippen LogP contribution in [0.4, 0.5) is 0 Å². The highest BCUT2D eigenvalue weighted by Gasteiger charge is 2.70. The van der Waals surface area contributed by atoms with Crippen molar-refractivity contribution in [2.75, 3.05) is 0 Å². The molecule has 0 aliphatic carbocycles. The number of hydrogen-bond donors (Lipinski definition) is 4. The van der Waals surface area contributed by atoms with Gasteiger partial charge in [-0.2, -0.15) is 0 Å². The van der Waals surface area contributed by atoms with Gasteiger partial charge in [0.25, 0.3) is 5.91 Å². The molecule has 0 aromatic heterocycles. The molecule has 1 aliphatic rings. The van der Waals surface area contributed by atoms with Gasteiger partial charge in [0.15, 0.2) is 6.10 Å². The lowest BCUT2D eigenvalue weighted by Crippen LogP contribution is -2.70. The molecule has 182 valence electrons. The molecule has 0 bridgehead atoms. The third-order valence-corrected chi connectivity index (χ3v) is 6.19. The number of aliphatic hydroxyl groups excluding tert-OH is 1. The first-order chi connectivity index (χ1) is 15.9. The fourth-order valence-electron chi connectivity index (χ4n) is 4.68. The predicted molar refractivity (Wildman–Crippen MR) is 124 cm³/mol. The molecule has 2 aromatic rings. The topological polar surface area (TPSA) is 124 Å². The molecule has 3 rings (SSSR count). The van der Waals surface area contributed by atoms with E-state index in [9.17, 15) is 29.8 Å². The molecular formula is C26H33N2O6+. The molecule has 8 heteroatoms. The molecule has 4 atom stereocenters. The molecule has 0 saturated carbocycles. The normalized spacial score (nSPS) is 24.0. The number of hydroxylamine groups is 3. The molecule has 1 fully saturated rings. The van der Waals surface area contributed by atoms with Gasteiger partial charge in [-0.25, -0.2) is 14.8 Å². The summed E-state index contributed by atoms with van der Waals surface area (Å²) in [5.41, 5.74) is -0.509. The molecule has 2 aromatic carbocycles. The summed E-state index contributed by atoms with van der Waals surface area (Å²) < 4.78 is -1.98. The Hall–Kier alpha value is -2.91. The Morgan fingerprint density at radius 2 is 1.44 bits per heavy atom. The third kappa shape index (κ3) is 4.81. The number of hydrogen-bond acceptors (Lipinski definition) is 6. The van der Waals surface area contributed by atoms with Crippen molar-refractivity contribution in [3.8, 4) is 0 Å². The van der Waals surface area contributed by atoms with Crippen molar-refractivity contribution in [3.05, 3.63) is 71.8 Å². The Kier molecular flexibility index (Phi) is 7.38. The first-order valence-electron chi connectivity index (χ1n) is 11.4. The first kappa shape index (κ1) is 25.7. The number of imide groups is 1. The van der Waals surface area contributed by atoms with Crippen LogP contribution in [0.25, 0.3) is 0 Å². The summed E-state index contributed by atoms with van der Waals surface area (Å²) in [6.45, 7) is 6.13. The Bertz CT molecular complexity index is 995. The number of rotatable bonds is 8. The Labute approximate surface area is 199 Å². The van der Waals surface area contributed by atoms with Crippen LogP contribution in [-0.2, 0) is 14.4 Å². The van der Waals surface area contributed by atoms with E-state index in [-0.39, 0.29) is 12.3 Å². The van der Waals surface area contributed by atoms with E-state index in [0.29, 0.717) is 0 Å². The zero-order chi connectivity index (χ0) is 25.3. The van der Waals surface area contributed by atoms with Crippen molar-refractivity contribution in [2.45, 2.75) is 57.9 Å². The zero-order valence-electron chi connectivity index (χ0n) is 19.9. The Morgan fingerprint density at radius 3 is 1.85 bits per heavy atom. The lowest BCUT2D eigenvalue weighted by molar-refractivity contribution is -0.989. The van der Waals surface area contributed by atoms with E-state index >= 15 is 0 Å². The minimum absolute atomic E-state index is 0.0436. The second-order valence-electron chi connectivity index (χ2n) is 9.86. The van der Waals surface area contributed by atoms with Gasteiger partial charge in [0.2, 0.25) is 6.04 Å². The molecule has 8 nitrogen and oxygen atoms in total. The van der Waals surface area contributed by atoms with Crippen LogP contribution in [0, 0.1) is 11.8 Å². The number of benzene rings is 2. The number of amides is 3. The van der Waals surface area contributed by atoms with Crippen LogP contribution in [0.3, 0.4) is 0 Å². The summed E-state index contributed by atoms with van der Waals surface area (Å²) in [4.78, 5) is 39.9. The smallest absolute Gasteiger partial charge is 0.383 e. The number of nitrogens with zero attached hydrogens (tertiary/aromatic N) is 1. The van der Waals surface area contributed by atoms with Gasteiger partial charge in [-0.1, -0.05) is 74.5 Å². The van der Waals surface area contributed by atoms with Crippen LogP contribution in [-0.4, -0.2) is 55.5 Å². The number of carbonyl (C=O) groups is 3. The molecule has 1 saturated heterocycles. The van der Waals surface area contributed by atoms with E-state index in [1.807, 2.05) is 74.5 Å². The van der Waals surface area contributed by atoms with Gasteiger partial charge in [-0.3, -0.25) is 4.79 Å². The highest BCUT2D eigenvalue weighted by molar-refractivity contribution is 5.99.